The standard InChI is InChI=1S/C26H23BrF3NO5/c1-25(2,3)36-24(35)31-22(33)18(13-15-9-11-17(27)12-10-15)21(23(31)34)19(26(28,29)30)14-20(32)16-7-5-4-6-8-16/h4-12,19H,13-14H2,1-3H3/t19-/m0/s1. The topological polar surface area (TPSA) is 80.8 Å². The van der Waals surface area contributed by atoms with Crippen LogP contribution in [0.1, 0.15) is 43.1 Å². The van der Waals surface area contributed by atoms with Gasteiger partial charge in [0.05, 0.1) is 5.92 Å². The molecule has 2 aromatic carbocycles. The van der Waals surface area contributed by atoms with Gasteiger partial charge in [0.2, 0.25) is 0 Å². The van der Waals surface area contributed by atoms with Gasteiger partial charge in [-0.05, 0) is 38.5 Å². The minimum Gasteiger partial charge on any atom is -0.443 e. The summed E-state index contributed by atoms with van der Waals surface area (Å²) in [7, 11) is 0. The van der Waals surface area contributed by atoms with E-state index < -0.39 is 59.0 Å². The number of hydrogen-bond acceptors (Lipinski definition) is 5. The van der Waals surface area contributed by atoms with Crippen LogP contribution in [0.5, 0.6) is 0 Å². The van der Waals surface area contributed by atoms with Crippen LogP contribution < -0.4 is 0 Å². The smallest absolute Gasteiger partial charge is 0.424 e. The summed E-state index contributed by atoms with van der Waals surface area (Å²) in [6.45, 7) is 4.47. The van der Waals surface area contributed by atoms with Gasteiger partial charge in [0.1, 0.15) is 5.60 Å². The van der Waals surface area contributed by atoms with Crippen LogP contribution in [0, 0.1) is 5.92 Å². The molecule has 1 atom stereocenters. The van der Waals surface area contributed by atoms with E-state index in [2.05, 4.69) is 15.9 Å². The molecule has 0 spiro atoms. The van der Waals surface area contributed by atoms with Gasteiger partial charge in [-0.15, -0.1) is 0 Å². The molecule has 2 aromatic rings. The Hall–Kier alpha value is -3.27. The number of halogens is 4. The second-order valence-electron chi connectivity index (χ2n) is 9.21. The summed E-state index contributed by atoms with van der Waals surface area (Å²) in [5.74, 6) is -6.10. The van der Waals surface area contributed by atoms with E-state index in [1.165, 1.54) is 45.0 Å². The molecule has 10 heteroatoms. The maximum absolute atomic E-state index is 14.3. The van der Waals surface area contributed by atoms with Crippen LogP contribution >= 0.6 is 15.9 Å². The van der Waals surface area contributed by atoms with E-state index in [1.807, 2.05) is 0 Å². The van der Waals surface area contributed by atoms with E-state index in [1.54, 1.807) is 30.3 Å². The number of ketones is 1. The lowest BCUT2D eigenvalue weighted by Gasteiger charge is -2.24. The Bertz CT molecular complexity index is 1210. The van der Waals surface area contributed by atoms with E-state index >= 15 is 0 Å². The lowest BCUT2D eigenvalue weighted by molar-refractivity contribution is -0.166. The van der Waals surface area contributed by atoms with Crippen molar-refractivity contribution in [2.24, 2.45) is 5.92 Å². The van der Waals surface area contributed by atoms with E-state index in [0.29, 0.717) is 10.0 Å². The summed E-state index contributed by atoms with van der Waals surface area (Å²) in [6.07, 6.45) is -7.88. The third kappa shape index (κ3) is 6.29. The van der Waals surface area contributed by atoms with Gasteiger partial charge in [0.25, 0.3) is 11.8 Å². The van der Waals surface area contributed by atoms with Crippen molar-refractivity contribution in [3.63, 3.8) is 0 Å². The monoisotopic (exact) mass is 565 g/mol. The highest BCUT2D eigenvalue weighted by molar-refractivity contribution is 9.10. The first-order valence-corrected chi connectivity index (χ1v) is 11.7. The Kier molecular flexibility index (Phi) is 7.88. The molecule has 0 radical (unpaired) electrons. The molecule has 1 aliphatic rings. The zero-order valence-electron chi connectivity index (χ0n) is 19.7. The number of imide groups is 3. The quantitative estimate of drug-likeness (QED) is 0.315. The fraction of sp³-hybridized carbons (Fsp3) is 0.308. The van der Waals surface area contributed by atoms with Crippen LogP contribution in [0.2, 0.25) is 0 Å². The largest absolute Gasteiger partial charge is 0.443 e. The zero-order valence-corrected chi connectivity index (χ0v) is 21.3. The minimum atomic E-state index is -5.05. The van der Waals surface area contributed by atoms with Crippen molar-refractivity contribution in [3.05, 3.63) is 81.3 Å². The van der Waals surface area contributed by atoms with Crippen molar-refractivity contribution in [2.45, 2.75) is 45.4 Å². The Labute approximate surface area is 214 Å². The summed E-state index contributed by atoms with van der Waals surface area (Å²) in [6, 6.07) is 13.7. The van der Waals surface area contributed by atoms with E-state index in [0.717, 1.165) is 0 Å². The number of benzene rings is 2. The number of alkyl halides is 3. The number of rotatable bonds is 6. The van der Waals surface area contributed by atoms with Gasteiger partial charge < -0.3 is 4.74 Å². The Morgan fingerprint density at radius 2 is 1.53 bits per heavy atom. The number of carbonyl (C=O) groups excluding carboxylic acids is 4. The van der Waals surface area contributed by atoms with Crippen LogP contribution in [0.15, 0.2) is 70.2 Å². The Balaban J connectivity index is 2.10. The lowest BCUT2D eigenvalue weighted by Crippen LogP contribution is -2.42. The molecule has 190 valence electrons. The van der Waals surface area contributed by atoms with E-state index in [4.69, 9.17) is 4.74 Å². The predicted octanol–water partition coefficient (Wildman–Crippen LogP) is 6.04. The number of carbonyl (C=O) groups is 4. The summed E-state index contributed by atoms with van der Waals surface area (Å²) in [5.41, 5.74) is -2.07. The van der Waals surface area contributed by atoms with Gasteiger partial charge in [-0.25, -0.2) is 4.79 Å². The molecule has 1 heterocycles. The maximum atomic E-state index is 14.3. The molecule has 0 saturated carbocycles. The average Bonchev–Trinajstić information content (AvgIpc) is 3.01. The summed E-state index contributed by atoms with van der Waals surface area (Å²) >= 11 is 3.26. The average molecular weight is 566 g/mol. The molecule has 3 amide bonds. The summed E-state index contributed by atoms with van der Waals surface area (Å²) in [5, 5.41) is 0. The van der Waals surface area contributed by atoms with Gasteiger partial charge in [0.15, 0.2) is 5.78 Å². The van der Waals surface area contributed by atoms with Crippen LogP contribution in [0.4, 0.5) is 18.0 Å². The number of Topliss-reactive ketones (excluding diaryl/α,β-unsaturated/α-hetero) is 1. The Morgan fingerprint density at radius 3 is 2.06 bits per heavy atom. The normalized spacial score (nSPS) is 15.4. The summed E-state index contributed by atoms with van der Waals surface area (Å²) in [4.78, 5) is 51.9. The third-order valence-corrected chi connectivity index (χ3v) is 5.85. The van der Waals surface area contributed by atoms with Gasteiger partial charge in [-0.1, -0.05) is 58.4 Å². The highest BCUT2D eigenvalue weighted by Crippen LogP contribution is 2.41. The first kappa shape index (κ1) is 27.3. The molecular formula is C26H23BrF3NO5. The molecule has 0 N–H and O–H groups in total. The van der Waals surface area contributed by atoms with Crippen molar-refractivity contribution in [2.75, 3.05) is 0 Å². The van der Waals surface area contributed by atoms with Gasteiger partial charge in [-0.2, -0.15) is 18.1 Å². The highest BCUT2D eigenvalue weighted by Gasteiger charge is 2.53. The van der Waals surface area contributed by atoms with Crippen molar-refractivity contribution < 1.29 is 37.1 Å². The molecule has 6 nitrogen and oxygen atoms in total. The van der Waals surface area contributed by atoms with Crippen molar-refractivity contribution >= 4 is 39.6 Å². The highest BCUT2D eigenvalue weighted by atomic mass is 79.9. The van der Waals surface area contributed by atoms with Gasteiger partial charge in [0, 0.05) is 34.0 Å². The molecule has 1 aliphatic heterocycles. The lowest BCUT2D eigenvalue weighted by atomic mass is 9.87. The van der Waals surface area contributed by atoms with Crippen LogP contribution in [-0.4, -0.2) is 40.4 Å². The fourth-order valence-electron chi connectivity index (χ4n) is 3.71. The van der Waals surface area contributed by atoms with Crippen LogP contribution in [-0.2, 0) is 20.7 Å². The number of amides is 3. The minimum absolute atomic E-state index is 0.0302. The SMILES string of the molecule is CC(C)(C)OC(=O)N1C(=O)C(Cc2ccc(Br)cc2)=C([C@H](CC(=O)c2ccccc2)C(F)(F)F)C1=O. The Morgan fingerprint density at radius 1 is 0.944 bits per heavy atom. The zero-order chi connectivity index (χ0) is 26.8. The molecular weight excluding hydrogens is 543 g/mol. The first-order chi connectivity index (χ1) is 16.7. The number of ether oxygens (including phenoxy) is 1. The second-order valence-corrected chi connectivity index (χ2v) is 10.1. The van der Waals surface area contributed by atoms with Crippen LogP contribution in [0.25, 0.3) is 0 Å². The third-order valence-electron chi connectivity index (χ3n) is 5.32. The number of hydrogen-bond donors (Lipinski definition) is 0. The molecule has 0 bridgehead atoms. The number of nitrogens with zero attached hydrogens (tertiary/aromatic N) is 1. The van der Waals surface area contributed by atoms with Crippen LogP contribution in [0.3, 0.4) is 0 Å². The maximum Gasteiger partial charge on any atom is 0.424 e. The van der Waals surface area contributed by atoms with Gasteiger partial charge in [-0.3, -0.25) is 14.4 Å². The molecule has 0 fully saturated rings. The second kappa shape index (κ2) is 10.4. The fourth-order valence-corrected chi connectivity index (χ4v) is 3.97. The summed E-state index contributed by atoms with van der Waals surface area (Å²) < 4.78 is 48.8. The van der Waals surface area contributed by atoms with E-state index in [9.17, 15) is 32.3 Å². The molecule has 0 aliphatic carbocycles. The molecule has 36 heavy (non-hydrogen) atoms. The molecule has 0 unspecified atom stereocenters. The molecule has 3 rings (SSSR count). The molecule has 0 aromatic heterocycles. The van der Waals surface area contributed by atoms with E-state index in [-0.39, 0.29) is 16.9 Å². The molecule has 0 saturated heterocycles. The van der Waals surface area contributed by atoms with Gasteiger partial charge >= 0.3 is 12.3 Å². The predicted molar refractivity (Wildman–Crippen MR) is 128 cm³/mol. The van der Waals surface area contributed by atoms with Crippen molar-refractivity contribution in [3.8, 4) is 0 Å². The first-order valence-electron chi connectivity index (χ1n) is 10.9. The van der Waals surface area contributed by atoms with Crippen molar-refractivity contribution in [1.82, 2.24) is 4.90 Å². The van der Waals surface area contributed by atoms with Crippen molar-refractivity contribution in [1.29, 1.82) is 0 Å².